The molecule has 2 aromatic rings. The molecule has 24 heavy (non-hydrogen) atoms. The van der Waals surface area contributed by atoms with Crippen molar-refractivity contribution in [2.45, 2.75) is 19.9 Å². The second-order valence-electron chi connectivity index (χ2n) is 5.01. The predicted molar refractivity (Wildman–Crippen MR) is 110 cm³/mol. The van der Waals surface area contributed by atoms with E-state index in [9.17, 15) is 0 Å². The number of hydrogen-bond acceptors (Lipinski definition) is 3. The van der Waals surface area contributed by atoms with Crippen LogP contribution < -0.4 is 20.5 Å². The SMILES string of the molecule is CCc1ccccc1CN=C(N)Nc1cc(OC)ccc1OC.I. The molecule has 0 unspecified atom stereocenters. The minimum Gasteiger partial charge on any atom is -0.497 e. The van der Waals surface area contributed by atoms with Gasteiger partial charge in [-0.05, 0) is 29.7 Å². The Balaban J connectivity index is 0.00000288. The highest BCUT2D eigenvalue weighted by Gasteiger charge is 2.06. The Morgan fingerprint density at radius 1 is 1.08 bits per heavy atom. The maximum absolute atomic E-state index is 6.00. The van der Waals surface area contributed by atoms with Gasteiger partial charge in [0.05, 0.1) is 26.5 Å². The van der Waals surface area contributed by atoms with E-state index in [1.165, 1.54) is 11.1 Å². The van der Waals surface area contributed by atoms with Crippen LogP contribution in [0.3, 0.4) is 0 Å². The number of benzene rings is 2. The average Bonchev–Trinajstić information content (AvgIpc) is 2.60. The first kappa shape index (κ1) is 20.1. The molecular formula is C18H24IN3O2. The van der Waals surface area contributed by atoms with Gasteiger partial charge in [0.15, 0.2) is 5.96 Å². The summed E-state index contributed by atoms with van der Waals surface area (Å²) in [6.07, 6.45) is 0.975. The van der Waals surface area contributed by atoms with E-state index in [1.807, 2.05) is 30.3 Å². The van der Waals surface area contributed by atoms with Crippen LogP contribution in [-0.4, -0.2) is 20.2 Å². The van der Waals surface area contributed by atoms with Gasteiger partial charge in [0.25, 0.3) is 0 Å². The molecule has 2 rings (SSSR count). The zero-order valence-electron chi connectivity index (χ0n) is 14.2. The fraction of sp³-hybridized carbons (Fsp3) is 0.278. The summed E-state index contributed by atoms with van der Waals surface area (Å²) in [5.41, 5.74) is 9.18. The minimum absolute atomic E-state index is 0. The quantitative estimate of drug-likeness (QED) is 0.407. The average molecular weight is 441 g/mol. The lowest BCUT2D eigenvalue weighted by molar-refractivity contribution is 0.405. The molecule has 0 bridgehead atoms. The number of aliphatic imine (C=N–C) groups is 1. The first-order chi connectivity index (χ1) is 11.2. The third kappa shape index (κ3) is 5.30. The number of methoxy groups -OCH3 is 2. The summed E-state index contributed by atoms with van der Waals surface area (Å²) in [4.78, 5) is 4.42. The molecule has 0 fully saturated rings. The Labute approximate surface area is 160 Å². The van der Waals surface area contributed by atoms with Crippen LogP contribution in [0.25, 0.3) is 0 Å². The standard InChI is InChI=1S/C18H23N3O2.HI/c1-4-13-7-5-6-8-14(13)12-20-18(19)21-16-11-15(22-2)9-10-17(16)23-3;/h5-11H,4,12H2,1-3H3,(H3,19,20,21);1H. The van der Waals surface area contributed by atoms with Crippen LogP contribution in [0.5, 0.6) is 11.5 Å². The van der Waals surface area contributed by atoms with Gasteiger partial charge in [0, 0.05) is 6.07 Å². The fourth-order valence-corrected chi connectivity index (χ4v) is 2.32. The second kappa shape index (κ2) is 10.0. The van der Waals surface area contributed by atoms with Crippen molar-refractivity contribution >= 4 is 35.6 Å². The first-order valence-corrected chi connectivity index (χ1v) is 7.53. The fourth-order valence-electron chi connectivity index (χ4n) is 2.32. The highest BCUT2D eigenvalue weighted by Crippen LogP contribution is 2.28. The van der Waals surface area contributed by atoms with Crippen molar-refractivity contribution in [3.8, 4) is 11.5 Å². The number of halogens is 1. The van der Waals surface area contributed by atoms with Gasteiger partial charge in [-0.25, -0.2) is 4.99 Å². The van der Waals surface area contributed by atoms with E-state index in [4.69, 9.17) is 15.2 Å². The number of nitrogens with zero attached hydrogens (tertiary/aromatic N) is 1. The Kier molecular flexibility index (Phi) is 8.39. The normalized spacial score (nSPS) is 10.7. The van der Waals surface area contributed by atoms with Crippen molar-refractivity contribution < 1.29 is 9.47 Å². The Morgan fingerprint density at radius 3 is 2.42 bits per heavy atom. The lowest BCUT2D eigenvalue weighted by Gasteiger charge is -2.12. The van der Waals surface area contributed by atoms with E-state index >= 15 is 0 Å². The molecule has 0 aromatic heterocycles. The van der Waals surface area contributed by atoms with Crippen LogP contribution in [0.15, 0.2) is 47.5 Å². The topological polar surface area (TPSA) is 68.9 Å². The monoisotopic (exact) mass is 441 g/mol. The number of nitrogens with one attached hydrogen (secondary N) is 1. The van der Waals surface area contributed by atoms with Gasteiger partial charge in [-0.3, -0.25) is 0 Å². The van der Waals surface area contributed by atoms with Gasteiger partial charge in [-0.2, -0.15) is 0 Å². The number of guanidine groups is 1. The number of anilines is 1. The van der Waals surface area contributed by atoms with E-state index in [1.54, 1.807) is 14.2 Å². The van der Waals surface area contributed by atoms with Crippen molar-refractivity contribution in [2.24, 2.45) is 10.7 Å². The molecular weight excluding hydrogens is 417 g/mol. The molecule has 5 nitrogen and oxygen atoms in total. The van der Waals surface area contributed by atoms with Crippen LogP contribution in [0.1, 0.15) is 18.1 Å². The molecule has 0 amide bonds. The molecule has 0 heterocycles. The summed E-state index contributed by atoms with van der Waals surface area (Å²) in [6, 6.07) is 13.7. The third-order valence-electron chi connectivity index (χ3n) is 3.59. The molecule has 6 heteroatoms. The summed E-state index contributed by atoms with van der Waals surface area (Å²) in [5.74, 6) is 1.73. The van der Waals surface area contributed by atoms with E-state index in [0.29, 0.717) is 18.3 Å². The van der Waals surface area contributed by atoms with Crippen molar-refractivity contribution in [3.05, 3.63) is 53.6 Å². The van der Waals surface area contributed by atoms with Crippen LogP contribution >= 0.6 is 24.0 Å². The second-order valence-corrected chi connectivity index (χ2v) is 5.01. The number of ether oxygens (including phenoxy) is 2. The van der Waals surface area contributed by atoms with Crippen LogP contribution in [0.2, 0.25) is 0 Å². The summed E-state index contributed by atoms with van der Waals surface area (Å²) < 4.78 is 10.5. The number of aryl methyl sites for hydroxylation is 1. The summed E-state index contributed by atoms with van der Waals surface area (Å²) >= 11 is 0. The summed E-state index contributed by atoms with van der Waals surface area (Å²) in [7, 11) is 3.22. The third-order valence-corrected chi connectivity index (χ3v) is 3.59. The number of rotatable bonds is 6. The largest absolute Gasteiger partial charge is 0.497 e. The Morgan fingerprint density at radius 2 is 1.79 bits per heavy atom. The Bertz CT molecular complexity index is 690. The van der Waals surface area contributed by atoms with Gasteiger partial charge in [-0.1, -0.05) is 31.2 Å². The van der Waals surface area contributed by atoms with E-state index in [0.717, 1.165) is 17.9 Å². The van der Waals surface area contributed by atoms with E-state index in [-0.39, 0.29) is 24.0 Å². The van der Waals surface area contributed by atoms with Crippen LogP contribution in [0, 0.1) is 0 Å². The minimum atomic E-state index is 0. The maximum Gasteiger partial charge on any atom is 0.193 e. The molecule has 0 aliphatic heterocycles. The smallest absolute Gasteiger partial charge is 0.193 e. The lowest BCUT2D eigenvalue weighted by Crippen LogP contribution is -2.23. The molecule has 0 saturated heterocycles. The van der Waals surface area contributed by atoms with E-state index in [2.05, 4.69) is 29.4 Å². The first-order valence-electron chi connectivity index (χ1n) is 7.53. The van der Waals surface area contributed by atoms with Crippen LogP contribution in [0.4, 0.5) is 5.69 Å². The molecule has 0 radical (unpaired) electrons. The summed E-state index contributed by atoms with van der Waals surface area (Å²) in [5, 5.41) is 3.07. The van der Waals surface area contributed by atoms with Crippen molar-refractivity contribution in [1.29, 1.82) is 0 Å². The molecule has 130 valence electrons. The molecule has 0 aliphatic carbocycles. The highest BCUT2D eigenvalue weighted by molar-refractivity contribution is 14.0. The van der Waals surface area contributed by atoms with Gasteiger partial charge < -0.3 is 20.5 Å². The van der Waals surface area contributed by atoms with Crippen molar-refractivity contribution in [2.75, 3.05) is 19.5 Å². The zero-order chi connectivity index (χ0) is 16.7. The predicted octanol–water partition coefficient (Wildman–Crippen LogP) is 3.81. The highest BCUT2D eigenvalue weighted by atomic mass is 127. The summed E-state index contributed by atoms with van der Waals surface area (Å²) in [6.45, 7) is 2.67. The number of nitrogens with two attached hydrogens (primary N) is 1. The molecule has 3 N–H and O–H groups in total. The van der Waals surface area contributed by atoms with Crippen molar-refractivity contribution in [1.82, 2.24) is 0 Å². The van der Waals surface area contributed by atoms with Crippen molar-refractivity contribution in [3.63, 3.8) is 0 Å². The Hall–Kier alpha value is -1.96. The molecule has 2 aromatic carbocycles. The van der Waals surface area contributed by atoms with Gasteiger partial charge >= 0.3 is 0 Å². The lowest BCUT2D eigenvalue weighted by atomic mass is 10.1. The zero-order valence-corrected chi connectivity index (χ0v) is 16.5. The molecule has 0 spiro atoms. The van der Waals surface area contributed by atoms with Gasteiger partial charge in [-0.15, -0.1) is 24.0 Å². The molecule has 0 aliphatic rings. The van der Waals surface area contributed by atoms with E-state index < -0.39 is 0 Å². The van der Waals surface area contributed by atoms with Crippen LogP contribution in [-0.2, 0) is 13.0 Å². The van der Waals surface area contributed by atoms with Gasteiger partial charge in [0.2, 0.25) is 0 Å². The maximum atomic E-state index is 6.00. The number of hydrogen-bond donors (Lipinski definition) is 2. The van der Waals surface area contributed by atoms with Gasteiger partial charge in [0.1, 0.15) is 11.5 Å². The molecule has 0 atom stereocenters. The molecule has 0 saturated carbocycles.